The molecule has 1 aliphatic heterocycles. The molecule has 2 aromatic carbocycles. The van der Waals surface area contributed by atoms with E-state index in [0.29, 0.717) is 11.4 Å². The molecule has 34 heavy (non-hydrogen) atoms. The van der Waals surface area contributed by atoms with Crippen LogP contribution in [-0.4, -0.2) is 27.9 Å². The Kier molecular flexibility index (Phi) is 5.81. The summed E-state index contributed by atoms with van der Waals surface area (Å²) >= 11 is 1.50. The summed E-state index contributed by atoms with van der Waals surface area (Å²) in [7, 11) is 0. The number of hydrogen-bond acceptors (Lipinski definition) is 6. The number of hydrogen-bond donors (Lipinski definition) is 1. The van der Waals surface area contributed by atoms with E-state index in [1.165, 1.54) is 16.9 Å². The Hall–Kier alpha value is -4.04. The van der Waals surface area contributed by atoms with Crippen molar-refractivity contribution >= 4 is 34.3 Å². The summed E-state index contributed by atoms with van der Waals surface area (Å²) in [5, 5.41) is 9.80. The number of fused-ring (bicyclic) bond motifs is 1. The molecule has 0 atom stereocenters. The molecule has 3 heterocycles. The fraction of sp³-hybridized carbons (Fsp3) is 0.154. The first-order valence-corrected chi connectivity index (χ1v) is 11.7. The lowest BCUT2D eigenvalue weighted by atomic mass is 10.1. The van der Waals surface area contributed by atoms with Crippen LogP contribution < -0.4 is 14.9 Å². The monoisotopic (exact) mass is 469 g/mol. The molecule has 1 amide bonds. The van der Waals surface area contributed by atoms with Gasteiger partial charge in [-0.25, -0.2) is 9.67 Å². The zero-order valence-electron chi connectivity index (χ0n) is 19.1. The van der Waals surface area contributed by atoms with Crippen LogP contribution in [-0.2, 0) is 4.79 Å². The molecule has 0 aliphatic carbocycles. The fourth-order valence-electron chi connectivity index (χ4n) is 3.73. The van der Waals surface area contributed by atoms with Gasteiger partial charge >= 0.3 is 0 Å². The molecule has 0 fully saturated rings. The van der Waals surface area contributed by atoms with E-state index >= 15 is 0 Å². The van der Waals surface area contributed by atoms with E-state index in [1.54, 1.807) is 6.20 Å². The highest BCUT2D eigenvalue weighted by Crippen LogP contribution is 2.33. The second kappa shape index (κ2) is 9.07. The van der Waals surface area contributed by atoms with Crippen molar-refractivity contribution in [3.05, 3.63) is 87.8 Å². The van der Waals surface area contributed by atoms with Gasteiger partial charge in [0.2, 0.25) is 4.80 Å². The van der Waals surface area contributed by atoms with E-state index in [0.717, 1.165) is 38.7 Å². The summed E-state index contributed by atoms with van der Waals surface area (Å²) < 4.78 is 7.35. The SMILES string of the molecule is CC(=Nn1c(-c2ccc3c(c2)NC(=O)CO3)csc1=Nc1ccc(C)cc1C)c1ccccn1. The van der Waals surface area contributed by atoms with Crippen molar-refractivity contribution in [3.8, 4) is 17.0 Å². The fourth-order valence-corrected chi connectivity index (χ4v) is 4.57. The molecule has 5 rings (SSSR count). The van der Waals surface area contributed by atoms with E-state index in [2.05, 4.69) is 36.3 Å². The van der Waals surface area contributed by atoms with Crippen molar-refractivity contribution in [2.45, 2.75) is 20.8 Å². The van der Waals surface area contributed by atoms with Crippen molar-refractivity contribution in [1.82, 2.24) is 9.66 Å². The van der Waals surface area contributed by atoms with Crippen LogP contribution in [0.1, 0.15) is 23.7 Å². The Balaban J connectivity index is 1.68. The van der Waals surface area contributed by atoms with Gasteiger partial charge in [0.05, 0.1) is 28.5 Å². The molecular weight excluding hydrogens is 446 g/mol. The minimum absolute atomic E-state index is 0.0251. The van der Waals surface area contributed by atoms with Gasteiger partial charge in [0.1, 0.15) is 5.75 Å². The summed E-state index contributed by atoms with van der Waals surface area (Å²) in [6.45, 7) is 6.08. The molecule has 0 saturated heterocycles. The third kappa shape index (κ3) is 4.40. The summed E-state index contributed by atoms with van der Waals surface area (Å²) in [6.07, 6.45) is 1.75. The highest BCUT2D eigenvalue weighted by Gasteiger charge is 2.18. The molecular formula is C26H23N5O2S. The van der Waals surface area contributed by atoms with Crippen LogP contribution in [0.25, 0.3) is 11.3 Å². The van der Waals surface area contributed by atoms with Crippen LogP contribution in [0.4, 0.5) is 11.4 Å². The first-order valence-electron chi connectivity index (χ1n) is 10.8. The second-order valence-corrected chi connectivity index (χ2v) is 8.90. The van der Waals surface area contributed by atoms with E-state index in [1.807, 2.05) is 59.4 Å². The van der Waals surface area contributed by atoms with Crippen molar-refractivity contribution in [1.29, 1.82) is 0 Å². The number of aryl methyl sites for hydroxylation is 2. The van der Waals surface area contributed by atoms with Crippen LogP contribution in [0.3, 0.4) is 0 Å². The Morgan fingerprint density at radius 2 is 2.03 bits per heavy atom. The van der Waals surface area contributed by atoms with Gasteiger partial charge in [-0.15, -0.1) is 11.3 Å². The molecule has 1 aliphatic rings. The summed E-state index contributed by atoms with van der Waals surface area (Å²) in [5.74, 6) is 0.482. The Morgan fingerprint density at radius 1 is 1.15 bits per heavy atom. The maximum absolute atomic E-state index is 11.8. The standard InChI is InChI=1S/C26H23N5O2S/c1-16-7-9-20(17(2)12-16)29-26-31(30-18(3)21-6-4-5-11-27-21)23(15-34-26)19-8-10-24-22(13-19)28-25(32)14-33-24/h4-13,15H,14H2,1-3H3,(H,28,32). The predicted molar refractivity (Wildman–Crippen MR) is 135 cm³/mol. The molecule has 8 heteroatoms. The molecule has 7 nitrogen and oxygen atoms in total. The second-order valence-electron chi connectivity index (χ2n) is 8.07. The van der Waals surface area contributed by atoms with Gasteiger partial charge in [0.25, 0.3) is 5.91 Å². The average Bonchev–Trinajstić information content (AvgIpc) is 3.22. The number of anilines is 1. The van der Waals surface area contributed by atoms with Crippen LogP contribution >= 0.6 is 11.3 Å². The normalized spacial score (nSPS) is 13.9. The van der Waals surface area contributed by atoms with Crippen molar-refractivity contribution in [2.75, 3.05) is 11.9 Å². The van der Waals surface area contributed by atoms with Crippen LogP contribution in [0.2, 0.25) is 0 Å². The lowest BCUT2D eigenvalue weighted by Crippen LogP contribution is -2.25. The first kappa shape index (κ1) is 21.8. The molecule has 2 aromatic heterocycles. The quantitative estimate of drug-likeness (QED) is 0.424. The van der Waals surface area contributed by atoms with Gasteiger partial charge in [-0.2, -0.15) is 5.10 Å². The Morgan fingerprint density at radius 3 is 2.82 bits per heavy atom. The number of amides is 1. The lowest BCUT2D eigenvalue weighted by molar-refractivity contribution is -0.118. The maximum Gasteiger partial charge on any atom is 0.262 e. The number of nitrogens with one attached hydrogen (secondary N) is 1. The number of carbonyl (C=O) groups is 1. The smallest absolute Gasteiger partial charge is 0.262 e. The molecule has 0 unspecified atom stereocenters. The Bertz CT molecular complexity index is 1480. The summed E-state index contributed by atoms with van der Waals surface area (Å²) in [4.78, 5) is 21.9. The van der Waals surface area contributed by atoms with Gasteiger partial charge in [-0.3, -0.25) is 9.78 Å². The summed E-state index contributed by atoms with van der Waals surface area (Å²) in [6, 6.07) is 17.7. The largest absolute Gasteiger partial charge is 0.482 e. The van der Waals surface area contributed by atoms with Crippen LogP contribution in [0.5, 0.6) is 5.75 Å². The van der Waals surface area contributed by atoms with Gasteiger partial charge in [0.15, 0.2) is 6.61 Å². The van der Waals surface area contributed by atoms with Crippen molar-refractivity contribution < 1.29 is 9.53 Å². The highest BCUT2D eigenvalue weighted by atomic mass is 32.1. The minimum atomic E-state index is -0.169. The van der Waals surface area contributed by atoms with Crippen LogP contribution in [0.15, 0.2) is 76.3 Å². The third-order valence-electron chi connectivity index (χ3n) is 5.45. The molecule has 0 radical (unpaired) electrons. The number of rotatable bonds is 4. The van der Waals surface area contributed by atoms with E-state index in [9.17, 15) is 4.79 Å². The van der Waals surface area contributed by atoms with Gasteiger partial charge in [0, 0.05) is 17.1 Å². The van der Waals surface area contributed by atoms with Gasteiger partial charge in [-0.1, -0.05) is 23.8 Å². The third-order valence-corrected chi connectivity index (χ3v) is 6.26. The lowest BCUT2D eigenvalue weighted by Gasteiger charge is -2.18. The Labute approximate surface area is 201 Å². The number of pyridine rings is 1. The number of carbonyl (C=O) groups excluding carboxylic acids is 1. The van der Waals surface area contributed by atoms with E-state index in [4.69, 9.17) is 14.8 Å². The topological polar surface area (TPSA) is 80.9 Å². The first-order chi connectivity index (χ1) is 16.5. The number of ether oxygens (including phenoxy) is 1. The minimum Gasteiger partial charge on any atom is -0.482 e. The average molecular weight is 470 g/mol. The van der Waals surface area contributed by atoms with E-state index < -0.39 is 0 Å². The maximum atomic E-state index is 11.8. The zero-order valence-corrected chi connectivity index (χ0v) is 19.9. The van der Waals surface area contributed by atoms with Crippen LogP contribution in [0, 0.1) is 13.8 Å². The van der Waals surface area contributed by atoms with Crippen molar-refractivity contribution in [3.63, 3.8) is 0 Å². The molecule has 1 N–H and O–H groups in total. The number of benzene rings is 2. The molecule has 0 bridgehead atoms. The van der Waals surface area contributed by atoms with Gasteiger partial charge < -0.3 is 10.1 Å². The molecule has 170 valence electrons. The van der Waals surface area contributed by atoms with E-state index in [-0.39, 0.29) is 12.5 Å². The van der Waals surface area contributed by atoms with Crippen molar-refractivity contribution in [2.24, 2.45) is 10.1 Å². The zero-order chi connectivity index (χ0) is 23.7. The molecule has 4 aromatic rings. The predicted octanol–water partition coefficient (Wildman–Crippen LogP) is 5.06. The molecule has 0 spiro atoms. The molecule has 0 saturated carbocycles. The highest BCUT2D eigenvalue weighted by molar-refractivity contribution is 7.07. The number of thiazole rings is 1. The number of aromatic nitrogens is 2. The number of nitrogens with zero attached hydrogens (tertiary/aromatic N) is 4. The summed E-state index contributed by atoms with van der Waals surface area (Å²) in [5.41, 5.74) is 7.12. The van der Waals surface area contributed by atoms with Gasteiger partial charge in [-0.05, 0) is 62.7 Å².